The minimum absolute atomic E-state index is 0.0460. The van der Waals surface area contributed by atoms with Gasteiger partial charge in [-0.05, 0) is 49.1 Å². The number of para-hydroxylation sites is 1. The zero-order valence-electron chi connectivity index (χ0n) is 16.7. The molecule has 0 aromatic heterocycles. The number of carbonyl (C=O) groups excluding carboxylic acids is 2. The number of aryl methyl sites for hydroxylation is 1. The number of amides is 1. The van der Waals surface area contributed by atoms with Gasteiger partial charge in [-0.3, -0.25) is 14.5 Å². The molecule has 4 nitrogen and oxygen atoms in total. The van der Waals surface area contributed by atoms with Gasteiger partial charge in [-0.2, -0.15) is 0 Å². The van der Waals surface area contributed by atoms with E-state index >= 15 is 0 Å². The lowest BCUT2D eigenvalue weighted by atomic mass is 9.77. The smallest absolute Gasteiger partial charge is 0.232 e. The normalized spacial score (nSPS) is 19.2. The van der Waals surface area contributed by atoms with Gasteiger partial charge in [0.05, 0.1) is 5.69 Å². The van der Waals surface area contributed by atoms with E-state index in [1.54, 1.807) is 11.0 Å². The highest BCUT2D eigenvalue weighted by Crippen LogP contribution is 2.44. The number of ether oxygens (including phenoxy) is 1. The van der Waals surface area contributed by atoms with Gasteiger partial charge in [0.2, 0.25) is 5.91 Å². The molecule has 0 N–H and O–H groups in total. The van der Waals surface area contributed by atoms with Gasteiger partial charge >= 0.3 is 0 Å². The maximum atomic E-state index is 13.2. The fraction of sp³-hybridized carbons (Fsp3) is 0.280. The molecule has 1 aliphatic heterocycles. The van der Waals surface area contributed by atoms with Crippen molar-refractivity contribution in [2.45, 2.75) is 38.5 Å². The first-order chi connectivity index (χ1) is 14.1. The summed E-state index contributed by atoms with van der Waals surface area (Å²) in [7, 11) is 0. The van der Waals surface area contributed by atoms with Gasteiger partial charge in [0, 0.05) is 30.0 Å². The SMILES string of the molecule is C=CCOc1ccc(C2CC(=O)N(c3ccccc3C)C3=C2C(=O)CCC3)cc1. The molecule has 29 heavy (non-hydrogen) atoms. The summed E-state index contributed by atoms with van der Waals surface area (Å²) in [5, 5.41) is 0. The van der Waals surface area contributed by atoms with Crippen molar-refractivity contribution in [1.82, 2.24) is 0 Å². The monoisotopic (exact) mass is 387 g/mol. The Morgan fingerprint density at radius 3 is 2.59 bits per heavy atom. The molecule has 1 unspecified atom stereocenters. The zero-order valence-corrected chi connectivity index (χ0v) is 16.7. The van der Waals surface area contributed by atoms with Crippen molar-refractivity contribution in [3.8, 4) is 5.75 Å². The molecule has 0 bridgehead atoms. The van der Waals surface area contributed by atoms with Crippen molar-refractivity contribution in [3.63, 3.8) is 0 Å². The Labute approximate surface area is 171 Å². The van der Waals surface area contributed by atoms with E-state index in [0.717, 1.165) is 46.7 Å². The van der Waals surface area contributed by atoms with E-state index in [1.165, 1.54) is 0 Å². The van der Waals surface area contributed by atoms with E-state index in [0.29, 0.717) is 19.4 Å². The second-order valence-corrected chi connectivity index (χ2v) is 7.58. The summed E-state index contributed by atoms with van der Waals surface area (Å²) in [5.74, 6) is 0.763. The predicted molar refractivity (Wildman–Crippen MR) is 114 cm³/mol. The molecule has 1 atom stereocenters. The summed E-state index contributed by atoms with van der Waals surface area (Å²) in [4.78, 5) is 28.0. The van der Waals surface area contributed by atoms with Crippen LogP contribution in [0.25, 0.3) is 0 Å². The van der Waals surface area contributed by atoms with Gasteiger partial charge in [-0.1, -0.05) is 43.0 Å². The van der Waals surface area contributed by atoms with E-state index in [1.807, 2.05) is 55.5 Å². The van der Waals surface area contributed by atoms with Gasteiger partial charge in [0.1, 0.15) is 12.4 Å². The highest BCUT2D eigenvalue weighted by molar-refractivity contribution is 6.07. The van der Waals surface area contributed by atoms with Crippen LogP contribution >= 0.6 is 0 Å². The second-order valence-electron chi connectivity index (χ2n) is 7.58. The first kappa shape index (κ1) is 19.2. The minimum Gasteiger partial charge on any atom is -0.490 e. The Bertz CT molecular complexity index is 987. The average molecular weight is 387 g/mol. The number of benzene rings is 2. The molecule has 0 saturated carbocycles. The molecule has 2 aliphatic rings. The van der Waals surface area contributed by atoms with Crippen LogP contribution in [-0.4, -0.2) is 18.3 Å². The van der Waals surface area contributed by atoms with E-state index in [9.17, 15) is 9.59 Å². The molecule has 1 aliphatic carbocycles. The lowest BCUT2D eigenvalue weighted by Gasteiger charge is -2.39. The Morgan fingerprint density at radius 1 is 1.10 bits per heavy atom. The van der Waals surface area contributed by atoms with Gasteiger partial charge in [0.25, 0.3) is 0 Å². The van der Waals surface area contributed by atoms with E-state index in [4.69, 9.17) is 4.74 Å². The third kappa shape index (κ3) is 3.63. The van der Waals surface area contributed by atoms with Crippen molar-refractivity contribution >= 4 is 17.4 Å². The van der Waals surface area contributed by atoms with Crippen LogP contribution in [0.3, 0.4) is 0 Å². The van der Waals surface area contributed by atoms with Crippen LogP contribution in [0.5, 0.6) is 5.75 Å². The zero-order chi connectivity index (χ0) is 20.4. The fourth-order valence-electron chi connectivity index (χ4n) is 4.32. The number of hydrogen-bond donors (Lipinski definition) is 0. The molecule has 0 saturated heterocycles. The van der Waals surface area contributed by atoms with Crippen molar-refractivity contribution in [3.05, 3.63) is 83.6 Å². The molecular formula is C25H25NO3. The molecule has 0 fully saturated rings. The number of anilines is 1. The molecule has 2 aromatic rings. The molecule has 4 heteroatoms. The second kappa shape index (κ2) is 8.08. The maximum Gasteiger partial charge on any atom is 0.232 e. The molecule has 1 heterocycles. The number of carbonyl (C=O) groups is 2. The fourth-order valence-corrected chi connectivity index (χ4v) is 4.32. The van der Waals surface area contributed by atoms with Crippen molar-refractivity contribution in [2.24, 2.45) is 0 Å². The number of Topliss-reactive ketones (excluding diaryl/α,β-unsaturated/α-hetero) is 1. The standard InChI is InChI=1S/C25H25NO3/c1-3-15-29-19-13-11-18(12-14-19)20-16-24(28)26(21-8-5-4-7-17(21)2)22-9-6-10-23(27)25(20)22/h3-5,7-8,11-14,20H,1,6,9-10,15-16H2,2H3. The third-order valence-electron chi connectivity index (χ3n) is 5.68. The molecule has 148 valence electrons. The highest BCUT2D eigenvalue weighted by Gasteiger charge is 2.39. The molecule has 0 radical (unpaired) electrons. The summed E-state index contributed by atoms with van der Waals surface area (Å²) >= 11 is 0. The lowest BCUT2D eigenvalue weighted by molar-refractivity contribution is -0.119. The maximum absolute atomic E-state index is 13.2. The van der Waals surface area contributed by atoms with Gasteiger partial charge in [-0.25, -0.2) is 0 Å². The Balaban J connectivity index is 1.76. The molecule has 2 aromatic carbocycles. The summed E-state index contributed by atoms with van der Waals surface area (Å²) in [6, 6.07) is 15.6. The Hall–Kier alpha value is -3.14. The first-order valence-corrected chi connectivity index (χ1v) is 10.1. The largest absolute Gasteiger partial charge is 0.490 e. The van der Waals surface area contributed by atoms with Gasteiger partial charge in [0.15, 0.2) is 5.78 Å². The molecule has 4 rings (SSSR count). The summed E-state index contributed by atoms with van der Waals surface area (Å²) in [6.45, 7) is 6.10. The number of rotatable bonds is 5. The molecule has 1 amide bonds. The van der Waals surface area contributed by atoms with E-state index < -0.39 is 0 Å². The van der Waals surface area contributed by atoms with Crippen LogP contribution in [0, 0.1) is 6.92 Å². The van der Waals surface area contributed by atoms with Crippen LogP contribution in [0.2, 0.25) is 0 Å². The molecular weight excluding hydrogens is 362 g/mol. The van der Waals surface area contributed by atoms with Crippen molar-refractivity contribution in [1.29, 1.82) is 0 Å². The summed E-state index contributed by atoms with van der Waals surface area (Å²) < 4.78 is 5.56. The number of nitrogens with zero attached hydrogens (tertiary/aromatic N) is 1. The van der Waals surface area contributed by atoms with Crippen LogP contribution < -0.4 is 9.64 Å². The van der Waals surface area contributed by atoms with Crippen molar-refractivity contribution in [2.75, 3.05) is 11.5 Å². The number of hydrogen-bond acceptors (Lipinski definition) is 3. The summed E-state index contributed by atoms with van der Waals surface area (Å²) in [5.41, 5.74) is 4.58. The van der Waals surface area contributed by atoms with Gasteiger partial charge in [-0.15, -0.1) is 0 Å². The minimum atomic E-state index is -0.195. The quantitative estimate of drug-likeness (QED) is 0.672. The first-order valence-electron chi connectivity index (χ1n) is 10.1. The highest BCUT2D eigenvalue weighted by atomic mass is 16.5. The third-order valence-corrected chi connectivity index (χ3v) is 5.68. The van der Waals surface area contributed by atoms with E-state index in [2.05, 4.69) is 6.58 Å². The van der Waals surface area contributed by atoms with Crippen molar-refractivity contribution < 1.29 is 14.3 Å². The van der Waals surface area contributed by atoms with Gasteiger partial charge < -0.3 is 4.74 Å². The Kier molecular flexibility index (Phi) is 5.34. The number of allylic oxidation sites excluding steroid dienone is 2. The van der Waals surface area contributed by atoms with Crippen LogP contribution in [0.15, 0.2) is 72.5 Å². The Morgan fingerprint density at radius 2 is 1.86 bits per heavy atom. The van der Waals surface area contributed by atoms with Crippen LogP contribution in [0.1, 0.15) is 42.7 Å². The lowest BCUT2D eigenvalue weighted by Crippen LogP contribution is -2.40. The molecule has 0 spiro atoms. The average Bonchev–Trinajstić information content (AvgIpc) is 2.73. The van der Waals surface area contributed by atoms with Crippen LogP contribution in [-0.2, 0) is 9.59 Å². The summed E-state index contributed by atoms with van der Waals surface area (Å²) in [6.07, 6.45) is 4.08. The van der Waals surface area contributed by atoms with Crippen LogP contribution in [0.4, 0.5) is 5.69 Å². The predicted octanol–water partition coefficient (Wildman–Crippen LogP) is 5.09. The topological polar surface area (TPSA) is 46.6 Å². The van der Waals surface area contributed by atoms with E-state index in [-0.39, 0.29) is 17.6 Å². The number of ketones is 1.